The van der Waals surface area contributed by atoms with Crippen molar-refractivity contribution in [2.75, 3.05) is 5.75 Å². The van der Waals surface area contributed by atoms with Crippen LogP contribution in [0.5, 0.6) is 0 Å². The van der Waals surface area contributed by atoms with Crippen LogP contribution in [-0.2, 0) is 36.8 Å². The molecule has 2 heterocycles. The smallest absolute Gasteiger partial charge is 0.408 e. The number of ether oxygens (including phenoxy) is 2. The third-order valence-corrected chi connectivity index (χ3v) is 8.16. The number of fused-ring (bicyclic) bond motifs is 1. The Kier molecular flexibility index (Phi) is 7.48. The highest BCUT2D eigenvalue weighted by Crippen LogP contribution is 2.38. The van der Waals surface area contributed by atoms with Crippen molar-refractivity contribution in [2.24, 2.45) is 0 Å². The second-order valence-electron chi connectivity index (χ2n) is 9.04. The van der Waals surface area contributed by atoms with E-state index < -0.39 is 46.7 Å². The molecule has 3 aromatic carbocycles. The number of esters is 1. The molecule has 8 nitrogen and oxygen atoms in total. The molecule has 2 amide bonds. The molecule has 0 aliphatic carbocycles. The second kappa shape index (κ2) is 11.1. The number of β-lactam (4-membered cyclic amide) rings is 1. The van der Waals surface area contributed by atoms with Crippen molar-refractivity contribution in [1.82, 2.24) is 10.2 Å². The summed E-state index contributed by atoms with van der Waals surface area (Å²) in [6.07, 6.45) is -1.50. The lowest BCUT2D eigenvalue weighted by molar-refractivity contribution is -0.154. The van der Waals surface area contributed by atoms with Crippen molar-refractivity contribution in [3.63, 3.8) is 0 Å². The number of hydrogen-bond donors (Lipinski definition) is 1. The monoisotopic (exact) mass is 530 g/mol. The predicted octanol–water partition coefficient (Wildman–Crippen LogP) is 3.82. The van der Waals surface area contributed by atoms with Crippen LogP contribution in [0, 0.1) is 0 Å². The highest BCUT2D eigenvalue weighted by molar-refractivity contribution is 7.92. The van der Waals surface area contributed by atoms with Crippen LogP contribution in [0.3, 0.4) is 0 Å². The average Bonchev–Trinajstić information content (AvgIpc) is 2.94. The van der Waals surface area contributed by atoms with Gasteiger partial charge in [-0.1, -0.05) is 91.0 Å². The van der Waals surface area contributed by atoms with E-state index >= 15 is 0 Å². The van der Waals surface area contributed by atoms with Gasteiger partial charge in [0, 0.05) is 5.57 Å². The van der Waals surface area contributed by atoms with Gasteiger partial charge in [-0.05, 0) is 34.8 Å². The largest absolute Gasteiger partial charge is 0.614 e. The van der Waals surface area contributed by atoms with Gasteiger partial charge in [0.15, 0.2) is 12.1 Å². The molecule has 0 spiro atoms. The maximum Gasteiger partial charge on any atom is 0.408 e. The van der Waals surface area contributed by atoms with E-state index in [0.717, 1.165) is 16.7 Å². The summed E-state index contributed by atoms with van der Waals surface area (Å²) in [6.45, 7) is 1.69. The highest BCUT2D eigenvalue weighted by atomic mass is 32.2. The van der Waals surface area contributed by atoms with E-state index in [9.17, 15) is 18.9 Å². The van der Waals surface area contributed by atoms with Gasteiger partial charge in [-0.15, -0.1) is 0 Å². The molecule has 194 valence electrons. The quantitative estimate of drug-likeness (QED) is 0.283. The summed E-state index contributed by atoms with van der Waals surface area (Å²) in [5, 5.41) is 1.63. The van der Waals surface area contributed by atoms with Gasteiger partial charge < -0.3 is 19.3 Å². The lowest BCUT2D eigenvalue weighted by atomic mass is 10.0. The van der Waals surface area contributed by atoms with Crippen LogP contribution in [0.15, 0.2) is 102 Å². The van der Waals surface area contributed by atoms with Gasteiger partial charge in [0.2, 0.25) is 5.37 Å². The SMILES string of the molecule is CC1=C(C(=O)OC(c2ccccc2)c2ccccc2)N2C(=O)[C@@H](NC(=O)OCc3ccccc3)[C@H]2[S+]([O-])C1. The number of carbonyl (C=O) groups is 3. The molecule has 1 N–H and O–H groups in total. The molecule has 5 rings (SSSR count). The zero-order chi connectivity index (χ0) is 26.6. The maximum atomic E-state index is 13.5. The molecule has 3 atom stereocenters. The molecule has 38 heavy (non-hydrogen) atoms. The van der Waals surface area contributed by atoms with Gasteiger partial charge >= 0.3 is 12.1 Å². The van der Waals surface area contributed by atoms with E-state index in [1.807, 2.05) is 91.0 Å². The van der Waals surface area contributed by atoms with Gasteiger partial charge in [0.1, 0.15) is 18.1 Å². The summed E-state index contributed by atoms with van der Waals surface area (Å²) >= 11 is -1.52. The van der Waals surface area contributed by atoms with Crippen LogP contribution in [0.4, 0.5) is 4.79 Å². The first-order valence-electron chi connectivity index (χ1n) is 12.1. The van der Waals surface area contributed by atoms with Crippen LogP contribution in [-0.4, -0.2) is 44.6 Å². The Labute approximate surface area is 223 Å². The number of carbonyl (C=O) groups excluding carboxylic acids is 3. The molecule has 0 saturated carbocycles. The summed E-state index contributed by atoms with van der Waals surface area (Å²) in [6, 6.07) is 26.7. The third-order valence-electron chi connectivity index (χ3n) is 6.43. The number of amides is 2. The van der Waals surface area contributed by atoms with Gasteiger partial charge in [0.05, 0.1) is 0 Å². The molecule has 2 aliphatic heterocycles. The van der Waals surface area contributed by atoms with Crippen LogP contribution in [0.1, 0.15) is 29.7 Å². The van der Waals surface area contributed by atoms with Gasteiger partial charge in [0.25, 0.3) is 5.91 Å². The Morgan fingerprint density at radius 3 is 2.11 bits per heavy atom. The third kappa shape index (κ3) is 5.16. The van der Waals surface area contributed by atoms with Gasteiger partial charge in [-0.3, -0.25) is 9.69 Å². The van der Waals surface area contributed by atoms with Crippen molar-refractivity contribution in [3.8, 4) is 0 Å². The minimum absolute atomic E-state index is 0.0298. The fraction of sp³-hybridized carbons (Fsp3) is 0.207. The number of rotatable bonds is 7. The first-order valence-corrected chi connectivity index (χ1v) is 13.5. The molecule has 1 fully saturated rings. The average molecular weight is 531 g/mol. The van der Waals surface area contributed by atoms with E-state index in [2.05, 4.69) is 5.32 Å². The van der Waals surface area contributed by atoms with Gasteiger partial charge in [-0.2, -0.15) is 0 Å². The lowest BCUT2D eigenvalue weighted by Crippen LogP contribution is -2.74. The standard InChI is InChI=1S/C29H26N2O6S/c1-19-18-38(35)27-23(30-29(34)36-17-20-11-5-2-6-12-20)26(32)31(27)24(19)28(33)37-25(21-13-7-3-8-14-21)22-15-9-4-10-16-22/h2-16,23,25,27H,17-18H2,1H3,(H,30,34)/t23-,27-,38?/m1/s1. The maximum absolute atomic E-state index is 13.5. The summed E-state index contributed by atoms with van der Waals surface area (Å²) in [5.74, 6) is -1.15. The minimum atomic E-state index is -1.52. The Hall–Kier alpha value is -4.08. The summed E-state index contributed by atoms with van der Waals surface area (Å²) in [5.41, 5.74) is 2.89. The molecular formula is C29H26N2O6S. The van der Waals surface area contributed by atoms with Crippen LogP contribution < -0.4 is 5.32 Å². The second-order valence-corrected chi connectivity index (χ2v) is 10.6. The summed E-state index contributed by atoms with van der Waals surface area (Å²) < 4.78 is 24.1. The number of nitrogens with zero attached hydrogens (tertiary/aromatic N) is 1. The van der Waals surface area contributed by atoms with Crippen molar-refractivity contribution in [2.45, 2.75) is 31.1 Å². The first-order chi connectivity index (χ1) is 18.4. The van der Waals surface area contributed by atoms with Crippen LogP contribution >= 0.6 is 0 Å². The fourth-order valence-electron chi connectivity index (χ4n) is 4.59. The lowest BCUT2D eigenvalue weighted by Gasteiger charge is -2.48. The normalized spacial score (nSPS) is 20.4. The van der Waals surface area contributed by atoms with E-state index in [0.29, 0.717) is 5.57 Å². The Morgan fingerprint density at radius 2 is 1.53 bits per heavy atom. The summed E-state index contributed by atoms with van der Waals surface area (Å²) in [4.78, 5) is 40.2. The van der Waals surface area contributed by atoms with E-state index in [1.165, 1.54) is 4.90 Å². The van der Waals surface area contributed by atoms with E-state index in [-0.39, 0.29) is 18.1 Å². The Balaban J connectivity index is 1.31. The molecule has 3 aromatic rings. The topological polar surface area (TPSA) is 108 Å². The molecule has 0 bridgehead atoms. The zero-order valence-electron chi connectivity index (χ0n) is 20.6. The van der Waals surface area contributed by atoms with Crippen LogP contribution in [0.2, 0.25) is 0 Å². The van der Waals surface area contributed by atoms with Gasteiger partial charge in [-0.25, -0.2) is 9.59 Å². The minimum Gasteiger partial charge on any atom is -0.614 e. The van der Waals surface area contributed by atoms with Crippen molar-refractivity contribution < 1.29 is 28.4 Å². The molecular weight excluding hydrogens is 504 g/mol. The van der Waals surface area contributed by atoms with Crippen molar-refractivity contribution >= 4 is 29.1 Å². The summed E-state index contributed by atoms with van der Waals surface area (Å²) in [7, 11) is 0. The first kappa shape index (κ1) is 25.6. The number of benzene rings is 3. The molecule has 0 aromatic heterocycles. The Bertz CT molecular complexity index is 1310. The fourth-order valence-corrected chi connectivity index (χ4v) is 6.25. The van der Waals surface area contributed by atoms with Crippen molar-refractivity contribution in [3.05, 3.63) is 119 Å². The van der Waals surface area contributed by atoms with Crippen LogP contribution in [0.25, 0.3) is 0 Å². The molecule has 1 saturated heterocycles. The van der Waals surface area contributed by atoms with E-state index in [4.69, 9.17) is 9.47 Å². The molecule has 9 heteroatoms. The highest BCUT2D eigenvalue weighted by Gasteiger charge is 2.61. The zero-order valence-corrected chi connectivity index (χ0v) is 21.4. The number of hydrogen-bond acceptors (Lipinski definition) is 6. The van der Waals surface area contributed by atoms with Crippen molar-refractivity contribution in [1.29, 1.82) is 0 Å². The number of alkyl carbamates (subject to hydrolysis) is 1. The molecule has 2 aliphatic rings. The Morgan fingerprint density at radius 1 is 0.974 bits per heavy atom. The number of nitrogens with one attached hydrogen (secondary N) is 1. The predicted molar refractivity (Wildman–Crippen MR) is 141 cm³/mol. The van der Waals surface area contributed by atoms with E-state index in [1.54, 1.807) is 6.92 Å². The molecule has 1 unspecified atom stereocenters. The molecule has 0 radical (unpaired) electrons.